The molecule has 4 nitrogen and oxygen atoms in total. The van der Waals surface area contributed by atoms with Crippen molar-refractivity contribution in [1.82, 2.24) is 9.55 Å². The third kappa shape index (κ3) is 5.39. The van der Waals surface area contributed by atoms with Gasteiger partial charge in [-0.05, 0) is 98.5 Å². The van der Waals surface area contributed by atoms with Crippen molar-refractivity contribution in [3.63, 3.8) is 0 Å². The van der Waals surface area contributed by atoms with Gasteiger partial charge in [-0.25, -0.2) is 0 Å². The molecule has 0 aliphatic carbocycles. The van der Waals surface area contributed by atoms with Crippen LogP contribution >= 0.6 is 0 Å². The van der Waals surface area contributed by atoms with Gasteiger partial charge in [-0.3, -0.25) is 4.98 Å². The van der Waals surface area contributed by atoms with Crippen LogP contribution in [0.25, 0.3) is 60.7 Å². The average Bonchev–Trinajstić information content (AvgIpc) is 3.58. The van der Waals surface area contributed by atoms with E-state index in [1.54, 1.807) is 0 Å². The first kappa shape index (κ1) is 33.6. The van der Waals surface area contributed by atoms with Crippen molar-refractivity contribution >= 4 is 43.7 Å². The molecule has 0 amide bonds. The van der Waals surface area contributed by atoms with Crippen LogP contribution in [-0.4, -0.2) is 9.55 Å². The van der Waals surface area contributed by atoms with Gasteiger partial charge in [-0.2, -0.15) is 5.26 Å². The van der Waals surface area contributed by atoms with Gasteiger partial charge in [0.05, 0.1) is 22.3 Å². The summed E-state index contributed by atoms with van der Waals surface area (Å²) in [5.41, 5.74) is 11.6. The Hall–Kier alpha value is -4.88. The highest BCUT2D eigenvalue weighted by Gasteiger charge is 2.28. The minimum Gasteiger partial charge on any atom is -0.453 e. The van der Waals surface area contributed by atoms with Crippen LogP contribution in [0.5, 0.6) is 0 Å². The first-order valence-corrected chi connectivity index (χ1v) is 17.8. The molecule has 7 rings (SSSR count). The number of fused-ring (bicyclic) bond motifs is 6. The quantitative estimate of drug-likeness (QED) is 0.186. The van der Waals surface area contributed by atoms with Crippen molar-refractivity contribution in [3.05, 3.63) is 107 Å². The molecule has 0 aliphatic rings. The summed E-state index contributed by atoms with van der Waals surface area (Å²) in [6.45, 7) is 27.0. The molecule has 0 N–H and O–H groups in total. The van der Waals surface area contributed by atoms with Crippen molar-refractivity contribution in [2.75, 3.05) is 0 Å². The van der Waals surface area contributed by atoms with Crippen LogP contribution in [-0.2, 0) is 21.7 Å². The molecule has 3 aromatic heterocycles. The Morgan fingerprint density at radius 1 is 0.580 bits per heavy atom. The van der Waals surface area contributed by atoms with E-state index in [-0.39, 0.29) is 21.7 Å². The number of rotatable bonds is 2. The summed E-state index contributed by atoms with van der Waals surface area (Å²) in [5.74, 6) is 0. The van der Waals surface area contributed by atoms with E-state index in [1.165, 1.54) is 33.0 Å². The van der Waals surface area contributed by atoms with Crippen LogP contribution in [0.1, 0.15) is 111 Å². The van der Waals surface area contributed by atoms with E-state index in [0.717, 1.165) is 44.3 Å². The highest BCUT2D eigenvalue weighted by molar-refractivity contribution is 6.16. The number of nitrogens with zero attached hydrogens (tertiary/aromatic N) is 3. The van der Waals surface area contributed by atoms with Crippen LogP contribution < -0.4 is 0 Å². The zero-order chi connectivity index (χ0) is 36.1. The normalized spacial score (nSPS) is 13.2. The number of benzene rings is 4. The van der Waals surface area contributed by atoms with Gasteiger partial charge in [0.25, 0.3) is 0 Å². The molecule has 0 fully saturated rings. The molecular formula is C46H49N3O. The molecule has 254 valence electrons. The van der Waals surface area contributed by atoms with E-state index in [0.29, 0.717) is 11.1 Å². The Morgan fingerprint density at radius 3 is 1.66 bits per heavy atom. The lowest BCUT2D eigenvalue weighted by atomic mass is 9.82. The number of nitriles is 1. The van der Waals surface area contributed by atoms with Gasteiger partial charge in [0.1, 0.15) is 17.3 Å². The Morgan fingerprint density at radius 2 is 1.14 bits per heavy atom. The number of hydrogen-bond acceptors (Lipinski definition) is 3. The van der Waals surface area contributed by atoms with Crippen LogP contribution in [0, 0.1) is 11.3 Å². The van der Waals surface area contributed by atoms with E-state index in [9.17, 15) is 5.26 Å². The summed E-state index contributed by atoms with van der Waals surface area (Å²) in [4.78, 5) is 4.86. The molecule has 0 saturated carbocycles. The summed E-state index contributed by atoms with van der Waals surface area (Å²) in [7, 11) is 0. The van der Waals surface area contributed by atoms with Gasteiger partial charge in [-0.15, -0.1) is 0 Å². The number of aromatic nitrogens is 2. The van der Waals surface area contributed by atoms with Gasteiger partial charge in [-0.1, -0.05) is 101 Å². The second-order valence-electron chi connectivity index (χ2n) is 18.1. The Balaban J connectivity index is 1.65. The summed E-state index contributed by atoms with van der Waals surface area (Å²) in [6.07, 6.45) is 1.90. The second kappa shape index (κ2) is 11.1. The molecule has 4 aromatic carbocycles. The maximum Gasteiger partial charge on any atom is 0.160 e. The van der Waals surface area contributed by atoms with Crippen LogP contribution in [0.15, 0.2) is 83.4 Å². The van der Waals surface area contributed by atoms with Gasteiger partial charge in [0.2, 0.25) is 0 Å². The lowest BCUT2D eigenvalue weighted by Gasteiger charge is -2.22. The largest absolute Gasteiger partial charge is 0.453 e. The highest BCUT2D eigenvalue weighted by Crippen LogP contribution is 2.46. The molecule has 3 heterocycles. The lowest BCUT2D eigenvalue weighted by molar-refractivity contribution is 0.589. The monoisotopic (exact) mass is 659 g/mol. The van der Waals surface area contributed by atoms with Crippen molar-refractivity contribution in [2.24, 2.45) is 0 Å². The fourth-order valence-corrected chi connectivity index (χ4v) is 7.31. The second-order valence-corrected chi connectivity index (χ2v) is 18.1. The number of furan rings is 1. The third-order valence-corrected chi connectivity index (χ3v) is 10.3. The number of pyridine rings is 1. The van der Waals surface area contributed by atoms with E-state index < -0.39 is 0 Å². The molecule has 7 aromatic rings. The molecule has 0 aliphatic heterocycles. The molecule has 0 atom stereocenters. The topological polar surface area (TPSA) is 54.8 Å². The highest BCUT2D eigenvalue weighted by atomic mass is 16.3. The predicted molar refractivity (Wildman–Crippen MR) is 211 cm³/mol. The Labute approximate surface area is 296 Å². The fraction of sp³-hybridized carbons (Fsp3) is 0.348. The smallest absolute Gasteiger partial charge is 0.160 e. The molecule has 4 heteroatoms. The molecular weight excluding hydrogens is 611 g/mol. The zero-order valence-electron chi connectivity index (χ0n) is 31.8. The zero-order valence-corrected chi connectivity index (χ0v) is 31.8. The average molecular weight is 660 g/mol. The summed E-state index contributed by atoms with van der Waals surface area (Å²) >= 11 is 0. The van der Waals surface area contributed by atoms with Crippen molar-refractivity contribution in [2.45, 2.75) is 105 Å². The SMILES string of the molecule is CC(C)(C)c1ccnc(-c2ccc(C(C)(C)C)c3c2oc2c(-n4c5ccc(C(C)(C)C)cc5c5cc(C(C)(C)C)ccc54)c(C#N)ccc23)c1. The summed E-state index contributed by atoms with van der Waals surface area (Å²) < 4.78 is 9.40. The molecule has 0 unspecified atom stereocenters. The lowest BCUT2D eigenvalue weighted by Crippen LogP contribution is -2.12. The van der Waals surface area contributed by atoms with Gasteiger partial charge < -0.3 is 8.98 Å². The molecule has 0 radical (unpaired) electrons. The van der Waals surface area contributed by atoms with Gasteiger partial charge in [0, 0.05) is 33.3 Å². The van der Waals surface area contributed by atoms with E-state index in [4.69, 9.17) is 9.40 Å². The minimum absolute atomic E-state index is 0.0150. The standard InChI is InChI=1S/C46H49N3O/c1-43(2,3)28-14-19-37-33(23-28)34-24-29(44(4,5)6)15-20-38(34)49(37)40-27(26-47)13-16-32-39-35(46(10,11)12)18-17-31(41(39)50-42(32)40)36-25-30(21-22-48-36)45(7,8)9/h13-25H,1-12H3. The molecule has 0 spiro atoms. The van der Waals surface area contributed by atoms with Crippen molar-refractivity contribution in [3.8, 4) is 23.0 Å². The molecule has 50 heavy (non-hydrogen) atoms. The van der Waals surface area contributed by atoms with E-state index in [1.807, 2.05) is 12.3 Å². The Bertz CT molecular complexity index is 2450. The Kier molecular flexibility index (Phi) is 7.43. The summed E-state index contributed by atoms with van der Waals surface area (Å²) in [5, 5.41) is 15.1. The first-order chi connectivity index (χ1) is 23.3. The van der Waals surface area contributed by atoms with Crippen LogP contribution in [0.2, 0.25) is 0 Å². The van der Waals surface area contributed by atoms with Crippen molar-refractivity contribution in [1.29, 1.82) is 5.26 Å². The fourth-order valence-electron chi connectivity index (χ4n) is 7.31. The maximum absolute atomic E-state index is 10.7. The van der Waals surface area contributed by atoms with Gasteiger partial charge >= 0.3 is 0 Å². The third-order valence-electron chi connectivity index (χ3n) is 10.3. The minimum atomic E-state index is -0.151. The summed E-state index contributed by atoms with van der Waals surface area (Å²) in [6, 6.07) is 28.9. The van der Waals surface area contributed by atoms with Crippen LogP contribution in [0.4, 0.5) is 0 Å². The maximum atomic E-state index is 10.7. The predicted octanol–water partition coefficient (Wildman–Crippen LogP) is 12.8. The first-order valence-electron chi connectivity index (χ1n) is 17.8. The van der Waals surface area contributed by atoms with Gasteiger partial charge in [0.15, 0.2) is 5.58 Å². The number of hydrogen-bond donors (Lipinski definition) is 0. The molecule has 0 saturated heterocycles. The molecule has 0 bridgehead atoms. The van der Waals surface area contributed by atoms with Crippen LogP contribution in [0.3, 0.4) is 0 Å². The van der Waals surface area contributed by atoms with E-state index in [2.05, 4.69) is 160 Å². The van der Waals surface area contributed by atoms with E-state index >= 15 is 0 Å². The van der Waals surface area contributed by atoms with Crippen molar-refractivity contribution < 1.29 is 4.42 Å².